The molecule has 0 aliphatic rings. The van der Waals surface area contributed by atoms with Crippen molar-refractivity contribution in [3.05, 3.63) is 83.8 Å². The Kier molecular flexibility index (Phi) is 6.15. The Balaban J connectivity index is 1.57. The fraction of sp³-hybridized carbons (Fsp3) is 0.227. The predicted molar refractivity (Wildman–Crippen MR) is 108 cm³/mol. The van der Waals surface area contributed by atoms with Gasteiger partial charge in [-0.1, -0.05) is 19.1 Å². The molecule has 0 atom stereocenters. The van der Waals surface area contributed by atoms with Gasteiger partial charge in [-0.3, -0.25) is 9.78 Å². The van der Waals surface area contributed by atoms with Gasteiger partial charge in [-0.2, -0.15) is 0 Å². The molecule has 5 heteroatoms. The van der Waals surface area contributed by atoms with Crippen LogP contribution in [0.25, 0.3) is 0 Å². The average molecular weight is 360 g/mol. The molecule has 1 aromatic carbocycles. The van der Waals surface area contributed by atoms with E-state index in [0.717, 1.165) is 29.9 Å². The summed E-state index contributed by atoms with van der Waals surface area (Å²) >= 11 is 0. The van der Waals surface area contributed by atoms with Crippen LogP contribution < -0.4 is 5.32 Å². The summed E-state index contributed by atoms with van der Waals surface area (Å²) in [5, 5.41) is 3.26. The molecule has 0 aliphatic carbocycles. The van der Waals surface area contributed by atoms with Crippen molar-refractivity contribution in [3.8, 4) is 0 Å². The van der Waals surface area contributed by atoms with E-state index in [-0.39, 0.29) is 5.91 Å². The summed E-state index contributed by atoms with van der Waals surface area (Å²) < 4.78 is 0. The number of rotatable bonds is 7. The van der Waals surface area contributed by atoms with Gasteiger partial charge in [0.1, 0.15) is 5.82 Å². The van der Waals surface area contributed by atoms with Crippen molar-refractivity contribution in [3.63, 3.8) is 0 Å². The van der Waals surface area contributed by atoms with Crippen LogP contribution >= 0.6 is 0 Å². The summed E-state index contributed by atoms with van der Waals surface area (Å²) in [6, 6.07) is 15.8. The number of aryl methyl sites for hydroxylation is 1. The molecule has 27 heavy (non-hydrogen) atoms. The number of nitrogens with one attached hydrogen (secondary N) is 1. The molecule has 0 saturated heterocycles. The molecule has 5 nitrogen and oxygen atoms in total. The van der Waals surface area contributed by atoms with Crippen molar-refractivity contribution in [1.29, 1.82) is 0 Å². The van der Waals surface area contributed by atoms with Gasteiger partial charge >= 0.3 is 0 Å². The summed E-state index contributed by atoms with van der Waals surface area (Å²) in [5.74, 6) is 0.686. The maximum Gasteiger partial charge on any atom is 0.255 e. The SMILES string of the molecule is CCc1ccc(Nc2ccc(C(=O)N(C)CCc3ccncc3)cn2)cc1. The molecule has 0 aliphatic heterocycles. The van der Waals surface area contributed by atoms with Gasteiger partial charge in [0, 0.05) is 37.9 Å². The molecule has 1 N–H and O–H groups in total. The molecule has 0 bridgehead atoms. The molecule has 0 saturated carbocycles. The fourth-order valence-corrected chi connectivity index (χ4v) is 2.73. The highest BCUT2D eigenvalue weighted by molar-refractivity contribution is 5.94. The molecule has 0 unspecified atom stereocenters. The molecular weight excluding hydrogens is 336 g/mol. The lowest BCUT2D eigenvalue weighted by molar-refractivity contribution is 0.0796. The molecule has 0 spiro atoms. The van der Waals surface area contributed by atoms with Gasteiger partial charge < -0.3 is 10.2 Å². The molecule has 0 fully saturated rings. The third kappa shape index (κ3) is 5.14. The Bertz CT molecular complexity index is 861. The van der Waals surface area contributed by atoms with Crippen LogP contribution in [0, 0.1) is 0 Å². The second-order valence-electron chi connectivity index (χ2n) is 6.44. The Morgan fingerprint density at radius 3 is 2.37 bits per heavy atom. The molecular formula is C22H24N4O. The lowest BCUT2D eigenvalue weighted by Crippen LogP contribution is -2.28. The maximum absolute atomic E-state index is 12.6. The van der Waals surface area contributed by atoms with Gasteiger partial charge in [-0.25, -0.2) is 4.98 Å². The number of carbonyl (C=O) groups excluding carboxylic acids is 1. The highest BCUT2D eigenvalue weighted by atomic mass is 16.2. The van der Waals surface area contributed by atoms with E-state index in [4.69, 9.17) is 0 Å². The zero-order valence-corrected chi connectivity index (χ0v) is 15.7. The van der Waals surface area contributed by atoms with Gasteiger partial charge in [0.25, 0.3) is 5.91 Å². The minimum atomic E-state index is -0.0320. The fourth-order valence-electron chi connectivity index (χ4n) is 2.73. The summed E-state index contributed by atoms with van der Waals surface area (Å²) in [4.78, 5) is 22.7. The Morgan fingerprint density at radius 1 is 1.00 bits per heavy atom. The summed E-state index contributed by atoms with van der Waals surface area (Å²) in [6.45, 7) is 2.78. The van der Waals surface area contributed by atoms with E-state index in [2.05, 4.69) is 34.3 Å². The van der Waals surface area contributed by atoms with Gasteiger partial charge in [-0.15, -0.1) is 0 Å². The minimum absolute atomic E-state index is 0.0320. The van der Waals surface area contributed by atoms with Gasteiger partial charge in [-0.05, 0) is 60.4 Å². The van der Waals surface area contributed by atoms with Crippen LogP contribution in [0.3, 0.4) is 0 Å². The smallest absolute Gasteiger partial charge is 0.255 e. The Hall–Kier alpha value is -3.21. The quantitative estimate of drug-likeness (QED) is 0.689. The Morgan fingerprint density at radius 2 is 1.74 bits per heavy atom. The molecule has 2 aromatic heterocycles. The van der Waals surface area contributed by atoms with E-state index < -0.39 is 0 Å². The van der Waals surface area contributed by atoms with E-state index in [1.54, 1.807) is 29.6 Å². The summed E-state index contributed by atoms with van der Waals surface area (Å²) in [6.07, 6.45) is 6.97. The van der Waals surface area contributed by atoms with Gasteiger partial charge in [0.15, 0.2) is 0 Å². The molecule has 3 aromatic rings. The summed E-state index contributed by atoms with van der Waals surface area (Å²) in [5.41, 5.74) is 4.02. The van der Waals surface area contributed by atoms with Crippen LogP contribution in [0.15, 0.2) is 67.1 Å². The molecule has 138 valence electrons. The van der Waals surface area contributed by atoms with Crippen LogP contribution in [0.2, 0.25) is 0 Å². The van der Waals surface area contributed by atoms with Crippen molar-refractivity contribution in [2.24, 2.45) is 0 Å². The number of carbonyl (C=O) groups is 1. The average Bonchev–Trinajstić information content (AvgIpc) is 2.73. The normalized spacial score (nSPS) is 10.4. The van der Waals surface area contributed by atoms with E-state index in [1.807, 2.05) is 37.4 Å². The number of anilines is 2. The monoisotopic (exact) mass is 360 g/mol. The van der Waals surface area contributed by atoms with Crippen molar-refractivity contribution in [2.45, 2.75) is 19.8 Å². The second kappa shape index (κ2) is 8.94. The van der Waals surface area contributed by atoms with Crippen molar-refractivity contribution in [1.82, 2.24) is 14.9 Å². The maximum atomic E-state index is 12.6. The van der Waals surface area contributed by atoms with Crippen molar-refractivity contribution < 1.29 is 4.79 Å². The van der Waals surface area contributed by atoms with Gasteiger partial charge in [0.2, 0.25) is 0 Å². The highest BCUT2D eigenvalue weighted by Gasteiger charge is 2.12. The first-order valence-corrected chi connectivity index (χ1v) is 9.12. The molecule has 2 heterocycles. The van der Waals surface area contributed by atoms with Crippen LogP contribution in [0.4, 0.5) is 11.5 Å². The first kappa shape index (κ1) is 18.6. The van der Waals surface area contributed by atoms with Crippen LogP contribution in [0.1, 0.15) is 28.4 Å². The Labute approximate surface area is 160 Å². The molecule has 3 rings (SSSR count). The number of hydrogen-bond donors (Lipinski definition) is 1. The zero-order valence-electron chi connectivity index (χ0n) is 15.7. The van der Waals surface area contributed by atoms with Crippen molar-refractivity contribution in [2.75, 3.05) is 18.9 Å². The number of hydrogen-bond acceptors (Lipinski definition) is 4. The number of amides is 1. The lowest BCUT2D eigenvalue weighted by Gasteiger charge is -2.17. The largest absolute Gasteiger partial charge is 0.341 e. The predicted octanol–water partition coefficient (Wildman–Crippen LogP) is 4.10. The first-order valence-electron chi connectivity index (χ1n) is 9.12. The van der Waals surface area contributed by atoms with Crippen LogP contribution in [-0.2, 0) is 12.8 Å². The molecule has 0 radical (unpaired) electrons. The number of pyridine rings is 2. The van der Waals surface area contributed by atoms with E-state index in [0.29, 0.717) is 12.1 Å². The third-order valence-corrected chi connectivity index (χ3v) is 4.48. The van der Waals surface area contributed by atoms with Crippen LogP contribution in [-0.4, -0.2) is 34.4 Å². The number of benzene rings is 1. The van der Waals surface area contributed by atoms with Gasteiger partial charge in [0.05, 0.1) is 5.56 Å². The molecule has 1 amide bonds. The summed E-state index contributed by atoms with van der Waals surface area (Å²) in [7, 11) is 1.81. The van der Waals surface area contributed by atoms with E-state index in [1.165, 1.54) is 5.56 Å². The van der Waals surface area contributed by atoms with E-state index >= 15 is 0 Å². The third-order valence-electron chi connectivity index (χ3n) is 4.48. The first-order chi connectivity index (χ1) is 13.2. The number of aromatic nitrogens is 2. The highest BCUT2D eigenvalue weighted by Crippen LogP contribution is 2.16. The van der Waals surface area contributed by atoms with Crippen LogP contribution in [0.5, 0.6) is 0 Å². The standard InChI is InChI=1S/C22H24N4O/c1-3-17-4-7-20(8-5-17)25-21-9-6-19(16-24-21)22(27)26(2)15-12-18-10-13-23-14-11-18/h4-11,13-14,16H,3,12,15H2,1-2H3,(H,24,25). The zero-order chi connectivity index (χ0) is 19.1. The van der Waals surface area contributed by atoms with E-state index in [9.17, 15) is 4.79 Å². The number of nitrogens with zero attached hydrogens (tertiary/aromatic N) is 3. The lowest BCUT2D eigenvalue weighted by atomic mass is 10.1. The van der Waals surface area contributed by atoms with Crippen molar-refractivity contribution >= 4 is 17.4 Å². The second-order valence-corrected chi connectivity index (χ2v) is 6.44. The number of likely N-dealkylation sites (N-methyl/N-ethyl adjacent to an activating group) is 1. The topological polar surface area (TPSA) is 58.1 Å². The minimum Gasteiger partial charge on any atom is -0.341 e.